The average molecular weight is 2190 g/mol. The molecule has 0 radical (unpaired) electrons. The summed E-state index contributed by atoms with van der Waals surface area (Å²) in [7, 11) is 1.76. The van der Waals surface area contributed by atoms with Crippen LogP contribution in [0.25, 0.3) is 0 Å². The number of hydrogen-bond acceptors (Lipinski definition) is 10. The predicted octanol–water partition coefficient (Wildman–Crippen LogP) is 16.8. The van der Waals surface area contributed by atoms with E-state index in [9.17, 15) is 43.5 Å². The summed E-state index contributed by atoms with van der Waals surface area (Å²) in [6.07, 6.45) is 46.9. The normalized spacial score (nSPS) is 12.6. The summed E-state index contributed by atoms with van der Waals surface area (Å²) in [4.78, 5) is 105. The van der Waals surface area contributed by atoms with Gasteiger partial charge >= 0.3 is 731 Å². The molecular weight excluding hydrogens is 2030 g/mol. The largest absolute Gasteiger partial charge is 0.358 e. The predicted molar refractivity (Wildman–Crippen MR) is 530 cm³/mol. The van der Waals surface area contributed by atoms with Gasteiger partial charge < -0.3 is 29.7 Å². The van der Waals surface area contributed by atoms with E-state index in [1.54, 1.807) is 31.2 Å². The Morgan fingerprint density at radius 2 is 0.711 bits per heavy atom. The summed E-state index contributed by atoms with van der Waals surface area (Å²) < 4.78 is 39.6. The molecule has 0 saturated carbocycles. The second-order valence-electron chi connectivity index (χ2n) is 34.8. The first-order valence-corrected chi connectivity index (χ1v) is 77.0. The first kappa shape index (κ1) is 115. The maximum atomic E-state index is 12.8. The third kappa shape index (κ3) is 35.0. The van der Waals surface area contributed by atoms with Crippen LogP contribution in [0.4, 0.5) is 0 Å². The average Bonchev–Trinajstić information content (AvgIpc) is 1.14. The molecule has 0 bridgehead atoms. The van der Waals surface area contributed by atoms with Crippen LogP contribution >= 0.6 is 0 Å². The minimum atomic E-state index is -2.97. The van der Waals surface area contributed by atoms with Gasteiger partial charge in [-0.25, -0.2) is 0 Å². The number of carboxylic acids is 1. The quantitative estimate of drug-likeness (QED) is 0.0157. The van der Waals surface area contributed by atoms with Gasteiger partial charge in [-0.05, 0) is 0 Å². The number of hydroxylamine groups is 2. The van der Waals surface area contributed by atoms with Gasteiger partial charge in [-0.15, -0.1) is 0 Å². The van der Waals surface area contributed by atoms with Crippen LogP contribution in [0.2, 0.25) is 35.5 Å². The van der Waals surface area contributed by atoms with Gasteiger partial charge in [-0.2, -0.15) is 0 Å². The first-order chi connectivity index (χ1) is 59.8. The number of nitrogens with two attached hydrogens (primary N) is 1. The topological polar surface area (TPSA) is 237 Å². The number of unbranched alkanes of at least 4 members (excludes halogenated alkanes) is 8. The molecule has 128 heavy (non-hydrogen) atoms. The smallest absolute Gasteiger partial charge is 0.358 e. The number of aromatic carboxylic acids is 1. The van der Waals surface area contributed by atoms with E-state index in [-0.39, 0.29) is 98.3 Å². The van der Waals surface area contributed by atoms with Crippen molar-refractivity contribution in [1.29, 1.82) is 0 Å². The standard InChI is InChI=1S/C17H19N2O4.C11H8NO4.C7H8N.C7H5O2.4C6H10N2.8C4H9.4CH3.4Sn/c1-18(11-13-5-3-2-4-6-13)15(21)8-7-14(20)12-19-16(22)9-10-17(19)23;13-9-6-7-10(14)12(9)16-11(15)8-4-2-1-3-5-8;8-6-7-4-2-1-3-5-7;8-7(9)6-4-2-1-3-5-6;4*1-3-8-5-4-7(2)6-8;8*1-3-4-2;;;;;;;;/h3-6H,7-12H2,1H3;1-2,4-5H,6-7H2;2-5H,6,8H2;1-2,4-5H,(H,8,9);4*4-6H,2-3H2,1H3;8*1,3-4H2,2H3;4*1H3;;;;/q;;;;4*+1;;;;;;;;;4*-1;;;;. The summed E-state index contributed by atoms with van der Waals surface area (Å²) in [5.74, 6) is -3.36. The Balaban J connectivity index is 0.000000443. The zero-order valence-electron chi connectivity index (χ0n) is 81.8. The van der Waals surface area contributed by atoms with Crippen molar-refractivity contribution in [2.45, 2.75) is 317 Å². The van der Waals surface area contributed by atoms with Crippen molar-refractivity contribution in [3.05, 3.63) is 224 Å². The van der Waals surface area contributed by atoms with Crippen LogP contribution in [0.3, 0.4) is 0 Å². The molecule has 10 rings (SSSR count). The Morgan fingerprint density at radius 3 is 1.02 bits per heavy atom. The molecule has 22 nitrogen and oxygen atoms in total. The van der Waals surface area contributed by atoms with Gasteiger partial charge in [0.1, 0.15) is 0 Å². The van der Waals surface area contributed by atoms with Crippen molar-refractivity contribution >= 4 is 135 Å². The summed E-state index contributed by atoms with van der Waals surface area (Å²) in [6, 6.07) is 34.1. The molecule has 6 heterocycles. The van der Waals surface area contributed by atoms with Gasteiger partial charge in [-0.3, -0.25) is 9.59 Å². The number of aryl methyl sites for hydroxylation is 4. The summed E-state index contributed by atoms with van der Waals surface area (Å²) in [6.45, 7) is 31.7. The minimum Gasteiger partial charge on any atom is -0.358 e. The Bertz CT molecular complexity index is 4550. The van der Waals surface area contributed by atoms with E-state index in [2.05, 4.69) is 255 Å². The third-order valence-electron chi connectivity index (χ3n) is 25.4. The zero-order valence-corrected chi connectivity index (χ0v) is 93.2. The molecule has 708 valence electrons. The minimum absolute atomic E-state index is 0. The van der Waals surface area contributed by atoms with Crippen LogP contribution in [0.5, 0.6) is 0 Å². The van der Waals surface area contributed by atoms with Crippen LogP contribution in [0, 0.1) is 29.7 Å². The number of amides is 5. The molecule has 26 heteroatoms. The van der Waals surface area contributed by atoms with Gasteiger partial charge in [0.2, 0.25) is 11.8 Å². The monoisotopic (exact) mass is 2200 g/mol. The van der Waals surface area contributed by atoms with Gasteiger partial charge in [0, 0.05) is 12.8 Å². The van der Waals surface area contributed by atoms with E-state index < -0.39 is 97.3 Å². The van der Waals surface area contributed by atoms with Crippen molar-refractivity contribution in [3.63, 3.8) is 0 Å². The van der Waals surface area contributed by atoms with Crippen LogP contribution in [0.1, 0.15) is 256 Å². The fourth-order valence-electron chi connectivity index (χ4n) is 17.6. The number of imidazole rings is 4. The number of carboxylic acid groups (broad SMARTS) is 1. The molecule has 3 N–H and O–H groups in total. The molecule has 2 aliphatic rings. The van der Waals surface area contributed by atoms with E-state index in [1.807, 2.05) is 24.3 Å². The van der Waals surface area contributed by atoms with Crippen molar-refractivity contribution in [2.24, 2.45) is 5.73 Å². The van der Waals surface area contributed by atoms with E-state index in [4.69, 9.17) is 10.6 Å². The number of rotatable bonds is 51. The molecule has 4 aromatic carbocycles. The maximum absolute atomic E-state index is 12.8. The molecule has 4 aromatic heterocycles. The van der Waals surface area contributed by atoms with Crippen molar-refractivity contribution < 1.29 is 66.6 Å². The van der Waals surface area contributed by atoms with Crippen molar-refractivity contribution in [2.75, 3.05) is 13.6 Å². The van der Waals surface area contributed by atoms with E-state index in [0.717, 1.165) is 63.2 Å². The number of aromatic nitrogens is 8. The second kappa shape index (κ2) is 60.4. The molecule has 5 amide bonds. The number of nitrogens with zero attached hydrogens (tertiary/aromatic N) is 11. The number of carbonyl (C=O) groups is 8. The van der Waals surface area contributed by atoms with Gasteiger partial charge in [0.15, 0.2) is 0 Å². The number of imide groups is 2. The zero-order chi connectivity index (χ0) is 90.1. The van der Waals surface area contributed by atoms with Crippen LogP contribution in [-0.4, -0.2) is 173 Å². The molecule has 2 fully saturated rings. The van der Waals surface area contributed by atoms with E-state index in [0.29, 0.717) is 29.3 Å². The molecule has 0 spiro atoms. The molecular formula is C102H164N12O10Sn4. The van der Waals surface area contributed by atoms with Gasteiger partial charge in [0.25, 0.3) is 0 Å². The van der Waals surface area contributed by atoms with Gasteiger partial charge in [0.05, 0.1) is 0 Å². The maximum Gasteiger partial charge on any atom is -0.358 e. The molecule has 2 saturated heterocycles. The third-order valence-corrected chi connectivity index (χ3v) is 84.1. The summed E-state index contributed by atoms with van der Waals surface area (Å²) in [5, 5.41) is 10.1. The summed E-state index contributed by atoms with van der Waals surface area (Å²) >= 11 is -11.0. The number of carbonyl (C=O) groups excluding carboxylic acids is 7. The van der Waals surface area contributed by atoms with Crippen molar-refractivity contribution in [3.8, 4) is 0 Å². The number of ketones is 1. The Kier molecular flexibility index (Phi) is 54.5. The molecule has 0 atom stereocenters. The Morgan fingerprint density at radius 1 is 0.406 bits per heavy atom. The number of benzene rings is 4. The first-order valence-electron chi connectivity index (χ1n) is 47.0. The fraction of sp³-hybridized carbons (Fsp3) is 0.529. The van der Waals surface area contributed by atoms with Crippen LogP contribution in [0.15, 0.2) is 172 Å². The Hall–Kier alpha value is -6.77. The van der Waals surface area contributed by atoms with E-state index in [1.165, 1.54) is 143 Å². The second-order valence-corrected chi connectivity index (χ2v) is 85.7. The van der Waals surface area contributed by atoms with Crippen LogP contribution < -0.4 is 38.3 Å². The number of hydrogen-bond donors (Lipinski definition) is 2. The van der Waals surface area contributed by atoms with Crippen molar-refractivity contribution in [1.82, 2.24) is 33.1 Å². The summed E-state index contributed by atoms with van der Waals surface area (Å²) in [5.41, 5.74) is 9.00. The Labute approximate surface area is 788 Å². The SMILES string of the molecule is CCC[CH2][Sn]([CH2]CCC)([CH2][n+]1ccn(CC)c1)[c]1ccc(CN(C)C(=O)CCC(=O)CN2C(=O)CCC2=O)cc1.CCC[CH2][Sn]([CH2]CCC)([CH2][n+]1ccn(CC)c1)[c]1ccc(CN)cc1.CCC[CH2][Sn]([CH2]CCC)([CH2][n+]1ccn(CC)c1)[c]1cccc(C(=O)O)c1.CCC[CH2][Sn]([CH2]CCC)([CH2][n+]1ccn(CC)c1)[c]1cccc(C(=O)ON2C(=O)CCC2=O)c1.[CH3-].[CH3-].[CH3-].[CH3-]. The molecule has 8 aromatic rings. The molecule has 0 aliphatic carbocycles. The molecule has 0 unspecified atom stereocenters. The molecule has 2 aliphatic heterocycles. The number of Topliss-reactive ketones (excluding diaryl/α,β-unsaturated/α-hetero) is 1. The van der Waals surface area contributed by atoms with Crippen LogP contribution in [-0.2, 0) is 91.1 Å². The van der Waals surface area contributed by atoms with Gasteiger partial charge in [-0.1, -0.05) is 0 Å². The fourth-order valence-corrected chi connectivity index (χ4v) is 76.6. The number of likely N-dealkylation sites (tertiary alicyclic amines) is 1. The van der Waals surface area contributed by atoms with E-state index >= 15 is 0 Å².